The van der Waals surface area contributed by atoms with Gasteiger partial charge in [-0.2, -0.15) is 0 Å². The molecule has 0 saturated carbocycles. The summed E-state index contributed by atoms with van der Waals surface area (Å²) in [6, 6.07) is 2.83. The van der Waals surface area contributed by atoms with Crippen LogP contribution in [0.1, 0.15) is 10.5 Å². The van der Waals surface area contributed by atoms with E-state index < -0.39 is 0 Å². The number of rotatable bonds is 1. The molecule has 0 spiro atoms. The highest BCUT2D eigenvalue weighted by Gasteiger charge is 2.39. The molecule has 2 fully saturated rings. The number of aromatic nitrogens is 1. The molecule has 2 saturated heterocycles. The Hall–Kier alpha value is -2.68. The van der Waals surface area contributed by atoms with Gasteiger partial charge >= 0.3 is 0 Å². The Balaban J connectivity index is 0.000000647. The van der Waals surface area contributed by atoms with Crippen molar-refractivity contribution >= 4 is 18.3 Å². The van der Waals surface area contributed by atoms with E-state index in [0.717, 1.165) is 0 Å². The molecule has 9 heteroatoms. The first-order valence-electron chi connectivity index (χ1n) is 7.35. The molecule has 0 aromatic carbocycles. The average Bonchev–Trinajstić information content (AvgIpc) is 2.73. The Kier molecular flexibility index (Phi) is 5.69. The van der Waals surface area contributed by atoms with E-state index in [0.29, 0.717) is 19.8 Å². The quantitative estimate of drug-likeness (QED) is 0.658. The first-order chi connectivity index (χ1) is 11.5. The van der Waals surface area contributed by atoms with Crippen molar-refractivity contribution in [3.63, 3.8) is 0 Å². The number of carbonyl (C=O) groups is 3. The summed E-state index contributed by atoms with van der Waals surface area (Å²) in [6.07, 6.45) is 1.46. The van der Waals surface area contributed by atoms with E-state index in [4.69, 9.17) is 14.6 Å². The Morgan fingerprint density at radius 3 is 2.79 bits per heavy atom. The molecule has 2 aliphatic rings. The summed E-state index contributed by atoms with van der Waals surface area (Å²) < 4.78 is 5.49. The lowest BCUT2D eigenvalue weighted by Crippen LogP contribution is -2.45. The Morgan fingerprint density at radius 1 is 1.42 bits per heavy atom. The van der Waals surface area contributed by atoms with Crippen LogP contribution in [0.25, 0.3) is 0 Å². The molecular weight excluding hydrogens is 318 g/mol. The first kappa shape index (κ1) is 17.7. The fourth-order valence-corrected chi connectivity index (χ4v) is 2.78. The van der Waals surface area contributed by atoms with Gasteiger partial charge in [-0.05, 0) is 12.1 Å². The third-order valence-electron chi connectivity index (χ3n) is 4.02. The number of carboxylic acid groups (broad SMARTS) is 1. The van der Waals surface area contributed by atoms with Crippen molar-refractivity contribution in [2.75, 3.05) is 33.4 Å². The van der Waals surface area contributed by atoms with Crippen LogP contribution in [0, 0.1) is 5.92 Å². The maximum absolute atomic E-state index is 12.6. The van der Waals surface area contributed by atoms with Crippen molar-refractivity contribution in [3.8, 4) is 5.75 Å². The largest absolute Gasteiger partial charge is 0.505 e. The number of nitrogens with zero attached hydrogens (tertiary/aromatic N) is 3. The number of likely N-dealkylation sites (N-methyl/N-ethyl adjacent to an activating group) is 1. The van der Waals surface area contributed by atoms with Gasteiger partial charge in [0.2, 0.25) is 5.91 Å². The van der Waals surface area contributed by atoms with Crippen LogP contribution in [-0.4, -0.2) is 82.7 Å². The van der Waals surface area contributed by atoms with Gasteiger partial charge in [0.05, 0.1) is 25.2 Å². The van der Waals surface area contributed by atoms with Crippen LogP contribution in [0.3, 0.4) is 0 Å². The maximum Gasteiger partial charge on any atom is 0.290 e. The van der Waals surface area contributed by atoms with E-state index in [9.17, 15) is 14.7 Å². The van der Waals surface area contributed by atoms with Crippen LogP contribution >= 0.6 is 0 Å². The van der Waals surface area contributed by atoms with Gasteiger partial charge in [0.1, 0.15) is 5.75 Å². The molecule has 24 heavy (non-hydrogen) atoms. The predicted molar refractivity (Wildman–Crippen MR) is 81.4 cm³/mol. The lowest BCUT2D eigenvalue weighted by Gasteiger charge is -2.29. The molecule has 0 radical (unpaired) electrons. The van der Waals surface area contributed by atoms with Gasteiger partial charge in [-0.15, -0.1) is 0 Å². The average molecular weight is 337 g/mol. The van der Waals surface area contributed by atoms with Gasteiger partial charge in [0, 0.05) is 26.3 Å². The Bertz CT molecular complexity index is 623. The fourth-order valence-electron chi connectivity index (χ4n) is 2.78. The monoisotopic (exact) mass is 337 g/mol. The Morgan fingerprint density at radius 2 is 2.12 bits per heavy atom. The smallest absolute Gasteiger partial charge is 0.290 e. The van der Waals surface area contributed by atoms with Crippen LogP contribution in [-0.2, 0) is 14.3 Å². The minimum atomic E-state index is -0.364. The second-order valence-electron chi connectivity index (χ2n) is 5.52. The molecule has 2 bridgehead atoms. The normalized spacial score (nSPS) is 23.0. The summed E-state index contributed by atoms with van der Waals surface area (Å²) in [7, 11) is 1.74. The maximum atomic E-state index is 12.6. The van der Waals surface area contributed by atoms with Crippen LogP contribution in [0.2, 0.25) is 0 Å². The van der Waals surface area contributed by atoms with Gasteiger partial charge in [0.25, 0.3) is 12.4 Å². The number of hydrogen-bond acceptors (Lipinski definition) is 6. The van der Waals surface area contributed by atoms with Gasteiger partial charge in [-0.1, -0.05) is 0 Å². The highest BCUT2D eigenvalue weighted by molar-refractivity contribution is 5.95. The van der Waals surface area contributed by atoms with Crippen LogP contribution in [0.5, 0.6) is 5.75 Å². The molecular formula is C15H19N3O6. The summed E-state index contributed by atoms with van der Waals surface area (Å²) >= 11 is 0. The number of hydrogen-bond donors (Lipinski definition) is 2. The molecule has 3 rings (SSSR count). The zero-order chi connectivity index (χ0) is 17.7. The van der Waals surface area contributed by atoms with Crippen molar-refractivity contribution in [3.05, 3.63) is 24.0 Å². The van der Waals surface area contributed by atoms with E-state index in [-0.39, 0.29) is 48.2 Å². The van der Waals surface area contributed by atoms with Crippen molar-refractivity contribution in [2.45, 2.75) is 6.04 Å². The van der Waals surface area contributed by atoms with E-state index >= 15 is 0 Å². The predicted octanol–water partition coefficient (Wildman–Crippen LogP) is -0.583. The number of pyridine rings is 1. The van der Waals surface area contributed by atoms with E-state index in [2.05, 4.69) is 4.98 Å². The van der Waals surface area contributed by atoms with Gasteiger partial charge in [0.15, 0.2) is 5.69 Å². The summed E-state index contributed by atoms with van der Waals surface area (Å²) in [5.41, 5.74) is 0.0218. The molecule has 2 N–H and O–H groups in total. The summed E-state index contributed by atoms with van der Waals surface area (Å²) in [5.74, 6) is -0.865. The number of amides is 2. The second kappa shape index (κ2) is 7.73. The molecule has 1 aromatic heterocycles. The number of aromatic hydroxyl groups is 1. The molecule has 3 heterocycles. The lowest BCUT2D eigenvalue weighted by molar-refractivity contribution is -0.134. The van der Waals surface area contributed by atoms with Crippen LogP contribution in [0.4, 0.5) is 0 Å². The number of fused-ring (bicyclic) bond motifs is 3. The Labute approximate surface area is 138 Å². The molecule has 1 aromatic rings. The van der Waals surface area contributed by atoms with Gasteiger partial charge < -0.3 is 24.7 Å². The zero-order valence-corrected chi connectivity index (χ0v) is 13.2. The molecule has 2 atom stereocenters. The molecule has 130 valence electrons. The second-order valence-corrected chi connectivity index (χ2v) is 5.52. The zero-order valence-electron chi connectivity index (χ0n) is 13.2. The minimum absolute atomic E-state index is 0.00181. The highest BCUT2D eigenvalue weighted by Crippen LogP contribution is 2.22. The molecule has 0 unspecified atom stereocenters. The molecule has 9 nitrogen and oxygen atoms in total. The lowest BCUT2D eigenvalue weighted by atomic mass is 10.1. The van der Waals surface area contributed by atoms with E-state index in [1.165, 1.54) is 12.3 Å². The fraction of sp³-hybridized carbons (Fsp3) is 0.467. The van der Waals surface area contributed by atoms with Crippen LogP contribution < -0.4 is 0 Å². The third-order valence-corrected chi connectivity index (χ3v) is 4.02. The first-order valence-corrected chi connectivity index (χ1v) is 7.35. The number of ether oxygens (including phenoxy) is 1. The van der Waals surface area contributed by atoms with E-state index in [1.54, 1.807) is 22.9 Å². The number of carbonyl (C=O) groups excluding carboxylic acids is 2. The highest BCUT2D eigenvalue weighted by atomic mass is 16.5. The summed E-state index contributed by atoms with van der Waals surface area (Å²) in [6.45, 7) is 1.15. The molecule has 2 aliphatic heterocycles. The van der Waals surface area contributed by atoms with Crippen molar-refractivity contribution in [1.82, 2.24) is 14.8 Å². The van der Waals surface area contributed by atoms with Gasteiger partial charge in [-0.25, -0.2) is 4.98 Å². The van der Waals surface area contributed by atoms with Crippen molar-refractivity contribution in [1.29, 1.82) is 0 Å². The topological polar surface area (TPSA) is 120 Å². The SMILES string of the molecule is CN1C(=O)[C@H]2COC[C@@H]1CN(C(=O)c1ncccc1O)C2.O=CO. The third kappa shape index (κ3) is 3.62. The van der Waals surface area contributed by atoms with E-state index in [1.807, 2.05) is 0 Å². The standard InChI is InChI=1S/C14H17N3O4.CH2O2/c1-16-10-6-17(5-9(13(16)19)7-21-8-10)14(20)12-11(18)3-2-4-15-12;2-1-3/h2-4,9-10,18H,5-8H2,1H3;1H,(H,2,3)/t9-,10+;/m1./s1. The van der Waals surface area contributed by atoms with Gasteiger partial charge in [-0.3, -0.25) is 14.4 Å². The molecule has 2 amide bonds. The van der Waals surface area contributed by atoms with Crippen LogP contribution in [0.15, 0.2) is 18.3 Å². The van der Waals surface area contributed by atoms with Crippen molar-refractivity contribution in [2.24, 2.45) is 5.92 Å². The van der Waals surface area contributed by atoms with Crippen molar-refractivity contribution < 1.29 is 29.3 Å². The summed E-state index contributed by atoms with van der Waals surface area (Å²) in [5, 5.41) is 16.7. The summed E-state index contributed by atoms with van der Waals surface area (Å²) in [4.78, 5) is 40.3. The minimum Gasteiger partial charge on any atom is -0.505 e. The molecule has 0 aliphatic carbocycles.